The summed E-state index contributed by atoms with van der Waals surface area (Å²) in [4.78, 5) is 15.9. The van der Waals surface area contributed by atoms with Crippen LogP contribution >= 0.6 is 0 Å². The molecule has 1 aliphatic rings. The summed E-state index contributed by atoms with van der Waals surface area (Å²) < 4.78 is 74.6. The van der Waals surface area contributed by atoms with E-state index in [-0.39, 0.29) is 17.2 Å². The maximum Gasteiger partial charge on any atom is 0.431 e. The molecule has 0 saturated heterocycles. The Morgan fingerprint density at radius 3 is 2.36 bits per heavy atom. The number of benzene rings is 1. The highest BCUT2D eigenvalue weighted by Gasteiger charge is 2.51. The van der Waals surface area contributed by atoms with Gasteiger partial charge in [-0.25, -0.2) is 8.42 Å². The topological polar surface area (TPSA) is 124 Å². The fraction of sp³-hybridized carbons (Fsp3) is 0.391. The number of para-hydroxylation sites is 1. The first-order valence-electron chi connectivity index (χ1n) is 10.8. The van der Waals surface area contributed by atoms with Crippen molar-refractivity contribution in [2.75, 3.05) is 19.4 Å². The lowest BCUT2D eigenvalue weighted by atomic mass is 10.0. The maximum absolute atomic E-state index is 14.0. The first-order valence-corrected chi connectivity index (χ1v) is 12.3. The third-order valence-corrected chi connectivity index (χ3v) is 6.96. The summed E-state index contributed by atoms with van der Waals surface area (Å²) in [5.74, 6) is -1.18. The quantitative estimate of drug-likeness (QED) is 0.483. The summed E-state index contributed by atoms with van der Waals surface area (Å²) in [6.45, 7) is 7.04. The van der Waals surface area contributed by atoms with Gasteiger partial charge in [0.25, 0.3) is 15.9 Å². The number of hydrogen-bond acceptors (Lipinski definition) is 7. The molecule has 1 aromatic heterocycles. The monoisotopic (exact) mass is 528 g/mol. The number of phenolic OH excluding ortho intramolecular Hbond substituents is 1. The van der Waals surface area contributed by atoms with Crippen molar-refractivity contribution in [2.45, 2.75) is 39.9 Å². The fourth-order valence-corrected chi connectivity index (χ4v) is 4.83. The van der Waals surface area contributed by atoms with Crippen LogP contribution in [0.15, 0.2) is 44.3 Å². The molecule has 1 amide bonds. The first-order chi connectivity index (χ1) is 16.5. The second-order valence-electron chi connectivity index (χ2n) is 8.89. The highest BCUT2D eigenvalue weighted by atomic mass is 32.2. The Morgan fingerprint density at radius 1 is 1.22 bits per heavy atom. The summed E-state index contributed by atoms with van der Waals surface area (Å²) in [7, 11) is -2.17. The Hall–Kier alpha value is -3.48. The minimum Gasteiger partial charge on any atom is -0.505 e. The van der Waals surface area contributed by atoms with Gasteiger partial charge < -0.3 is 19.7 Å². The number of amidine groups is 1. The molecule has 1 unspecified atom stereocenters. The van der Waals surface area contributed by atoms with Gasteiger partial charge in [-0.15, -0.1) is 0 Å². The average molecular weight is 529 g/mol. The van der Waals surface area contributed by atoms with Gasteiger partial charge in [-0.2, -0.15) is 13.2 Å². The summed E-state index contributed by atoms with van der Waals surface area (Å²) in [5, 5.41) is 13.0. The van der Waals surface area contributed by atoms with Gasteiger partial charge in [0.05, 0.1) is 11.3 Å². The van der Waals surface area contributed by atoms with Crippen molar-refractivity contribution >= 4 is 27.5 Å². The number of allylic oxidation sites excluding steroid dienone is 1. The molecule has 13 heteroatoms. The van der Waals surface area contributed by atoms with Gasteiger partial charge in [-0.1, -0.05) is 19.9 Å². The lowest BCUT2D eigenvalue weighted by molar-refractivity contribution is -0.0847. The highest BCUT2D eigenvalue weighted by Crippen LogP contribution is 2.39. The molecule has 1 atom stereocenters. The maximum atomic E-state index is 14.0. The van der Waals surface area contributed by atoms with E-state index in [1.54, 1.807) is 33.8 Å². The molecular weight excluding hydrogens is 501 g/mol. The highest BCUT2D eigenvalue weighted by molar-refractivity contribution is 7.94. The SMILES string of the molecule is Cc1cc(C(N=C2NS(=O)(=O)C(C(F)(F)F)=C2Nc2cccc(C(=O)N(C)C)c2O)C(C)C)oc1C. The van der Waals surface area contributed by atoms with Crippen LogP contribution in [-0.4, -0.2) is 50.4 Å². The van der Waals surface area contributed by atoms with Gasteiger partial charge in [0.2, 0.25) is 0 Å². The van der Waals surface area contributed by atoms with Crippen LogP contribution in [-0.2, 0) is 10.0 Å². The minimum absolute atomic E-state index is 0.187. The van der Waals surface area contributed by atoms with Gasteiger partial charge in [-0.3, -0.25) is 14.5 Å². The van der Waals surface area contributed by atoms with E-state index >= 15 is 0 Å². The Morgan fingerprint density at radius 2 is 1.86 bits per heavy atom. The number of carbonyl (C=O) groups is 1. The Labute approximate surface area is 206 Å². The van der Waals surface area contributed by atoms with Gasteiger partial charge in [-0.05, 0) is 43.5 Å². The van der Waals surface area contributed by atoms with Crippen molar-refractivity contribution in [1.82, 2.24) is 9.62 Å². The third kappa shape index (κ3) is 5.20. The van der Waals surface area contributed by atoms with Crippen LogP contribution in [0.3, 0.4) is 0 Å². The Bertz CT molecular complexity index is 1340. The molecule has 2 heterocycles. The number of carbonyl (C=O) groups excluding carboxylic acids is 1. The van der Waals surface area contributed by atoms with E-state index < -0.39 is 50.3 Å². The molecule has 0 fully saturated rings. The van der Waals surface area contributed by atoms with Crippen molar-refractivity contribution in [1.29, 1.82) is 0 Å². The van der Waals surface area contributed by atoms with Crippen molar-refractivity contribution in [3.63, 3.8) is 0 Å². The number of aromatic hydroxyl groups is 1. The minimum atomic E-state index is -5.29. The zero-order valence-corrected chi connectivity index (χ0v) is 21.3. The van der Waals surface area contributed by atoms with Crippen LogP contribution in [0.25, 0.3) is 0 Å². The smallest absolute Gasteiger partial charge is 0.431 e. The number of halogens is 3. The second-order valence-corrected chi connectivity index (χ2v) is 10.5. The predicted molar refractivity (Wildman–Crippen MR) is 128 cm³/mol. The van der Waals surface area contributed by atoms with Gasteiger partial charge >= 0.3 is 6.18 Å². The van der Waals surface area contributed by atoms with Crippen molar-refractivity contribution < 1.29 is 35.9 Å². The molecule has 3 N–H and O–H groups in total. The molecule has 0 saturated carbocycles. The van der Waals surface area contributed by atoms with Crippen LogP contribution in [0, 0.1) is 19.8 Å². The van der Waals surface area contributed by atoms with Crippen LogP contribution in [0.4, 0.5) is 18.9 Å². The van der Waals surface area contributed by atoms with E-state index in [4.69, 9.17) is 4.42 Å². The van der Waals surface area contributed by atoms with E-state index in [1.807, 2.05) is 4.72 Å². The largest absolute Gasteiger partial charge is 0.505 e. The van der Waals surface area contributed by atoms with Gasteiger partial charge in [0.15, 0.2) is 16.5 Å². The average Bonchev–Trinajstić information content (AvgIpc) is 3.20. The standard InChI is InChI=1S/C23H27F3N4O5S/c1-11(2)17(16-10-12(3)13(4)35-16)28-21-18(20(23(24,25)26)36(33,34)29-21)27-15-9-7-8-14(19(15)31)22(32)30(5)6/h7-11,17,27,31H,1-6H3,(H,28,29). The first kappa shape index (κ1) is 27.1. The number of alkyl halides is 3. The molecule has 1 aromatic carbocycles. The van der Waals surface area contributed by atoms with Gasteiger partial charge in [0, 0.05) is 14.1 Å². The van der Waals surface area contributed by atoms with E-state index in [0.29, 0.717) is 11.5 Å². The Balaban J connectivity index is 2.21. The van der Waals surface area contributed by atoms with E-state index in [9.17, 15) is 31.5 Å². The van der Waals surface area contributed by atoms with Crippen LogP contribution in [0.2, 0.25) is 0 Å². The number of hydrogen-bond donors (Lipinski definition) is 3. The zero-order chi connectivity index (χ0) is 27.2. The number of nitrogens with zero attached hydrogens (tertiary/aromatic N) is 2. The predicted octanol–water partition coefficient (Wildman–Crippen LogP) is 4.22. The molecule has 2 aromatic rings. The van der Waals surface area contributed by atoms with Crippen molar-refractivity contribution in [2.24, 2.45) is 10.9 Å². The zero-order valence-electron chi connectivity index (χ0n) is 20.5. The molecular formula is C23H27F3N4O5S. The second kappa shape index (κ2) is 9.52. The summed E-state index contributed by atoms with van der Waals surface area (Å²) in [6, 6.07) is 4.71. The number of rotatable bonds is 6. The van der Waals surface area contributed by atoms with Crippen LogP contribution < -0.4 is 10.0 Å². The molecule has 1 aliphatic heterocycles. The number of phenols is 1. The molecule has 9 nitrogen and oxygen atoms in total. The normalized spacial score (nSPS) is 17.4. The molecule has 0 radical (unpaired) electrons. The molecule has 196 valence electrons. The lowest BCUT2D eigenvalue weighted by Crippen LogP contribution is -2.28. The van der Waals surface area contributed by atoms with E-state index in [1.165, 1.54) is 37.2 Å². The third-order valence-electron chi connectivity index (χ3n) is 5.53. The Kier molecular flexibility index (Phi) is 7.17. The molecule has 0 bridgehead atoms. The number of aliphatic imine (C=N–C) groups is 1. The molecule has 36 heavy (non-hydrogen) atoms. The lowest BCUT2D eigenvalue weighted by Gasteiger charge is -2.18. The molecule has 0 spiro atoms. The molecule has 3 rings (SSSR count). The van der Waals surface area contributed by atoms with Crippen LogP contribution in [0.1, 0.15) is 47.3 Å². The number of sulfonamides is 1. The van der Waals surface area contributed by atoms with Gasteiger partial charge in [0.1, 0.15) is 23.3 Å². The molecule has 0 aliphatic carbocycles. The van der Waals surface area contributed by atoms with Crippen molar-refractivity contribution in [3.8, 4) is 5.75 Å². The summed E-state index contributed by atoms with van der Waals surface area (Å²) in [6.07, 6.45) is -5.29. The number of amides is 1. The fourth-order valence-electron chi connectivity index (χ4n) is 3.59. The number of anilines is 1. The number of furan rings is 1. The van der Waals surface area contributed by atoms with Crippen molar-refractivity contribution in [3.05, 3.63) is 57.5 Å². The number of aryl methyl sites for hydroxylation is 2. The van der Waals surface area contributed by atoms with E-state index in [2.05, 4.69) is 10.3 Å². The number of nitrogens with one attached hydrogen (secondary N) is 2. The van der Waals surface area contributed by atoms with E-state index in [0.717, 1.165) is 5.56 Å². The summed E-state index contributed by atoms with van der Waals surface area (Å²) >= 11 is 0. The van der Waals surface area contributed by atoms with Crippen LogP contribution in [0.5, 0.6) is 5.75 Å². The summed E-state index contributed by atoms with van der Waals surface area (Å²) in [5.41, 5.74) is -0.595.